The van der Waals surface area contributed by atoms with Crippen molar-refractivity contribution in [1.29, 1.82) is 0 Å². The highest BCUT2D eigenvalue weighted by Crippen LogP contribution is 2.20. The molecule has 0 bridgehead atoms. The quantitative estimate of drug-likeness (QED) is 0.780. The lowest BCUT2D eigenvalue weighted by Crippen LogP contribution is -2.26. The molecule has 5 heteroatoms. The molecular formula is C18H18N2O3. The van der Waals surface area contributed by atoms with E-state index in [0.29, 0.717) is 29.4 Å². The van der Waals surface area contributed by atoms with Gasteiger partial charge in [0.25, 0.3) is 5.91 Å². The average molecular weight is 310 g/mol. The first-order valence-electron chi connectivity index (χ1n) is 7.56. The average Bonchev–Trinajstić information content (AvgIpc) is 2.99. The molecule has 0 saturated heterocycles. The first kappa shape index (κ1) is 15.1. The molecule has 1 amide bonds. The Morgan fingerprint density at radius 2 is 2.09 bits per heavy atom. The van der Waals surface area contributed by atoms with Crippen molar-refractivity contribution in [3.8, 4) is 5.75 Å². The third-order valence-electron chi connectivity index (χ3n) is 3.44. The molecule has 1 unspecified atom stereocenters. The van der Waals surface area contributed by atoms with Crippen molar-refractivity contribution >= 4 is 17.0 Å². The maximum Gasteiger partial charge on any atom is 0.252 e. The molecule has 1 atom stereocenters. The topological polar surface area (TPSA) is 64.4 Å². The highest BCUT2D eigenvalue weighted by molar-refractivity contribution is 5.94. The third kappa shape index (κ3) is 3.34. The number of nitrogens with one attached hydrogen (secondary N) is 1. The second kappa shape index (κ2) is 6.52. The van der Waals surface area contributed by atoms with E-state index in [-0.39, 0.29) is 11.9 Å². The van der Waals surface area contributed by atoms with Gasteiger partial charge in [0.2, 0.25) is 5.89 Å². The Kier molecular flexibility index (Phi) is 4.28. The lowest BCUT2D eigenvalue weighted by Gasteiger charge is -2.11. The van der Waals surface area contributed by atoms with Crippen LogP contribution in [0, 0.1) is 0 Å². The van der Waals surface area contributed by atoms with Crippen molar-refractivity contribution < 1.29 is 13.9 Å². The maximum absolute atomic E-state index is 12.4. The van der Waals surface area contributed by atoms with Gasteiger partial charge in [-0.05, 0) is 44.2 Å². The fourth-order valence-corrected chi connectivity index (χ4v) is 2.31. The molecule has 23 heavy (non-hydrogen) atoms. The van der Waals surface area contributed by atoms with Crippen LogP contribution in [0.1, 0.15) is 36.1 Å². The van der Waals surface area contributed by atoms with Gasteiger partial charge in [0, 0.05) is 5.56 Å². The summed E-state index contributed by atoms with van der Waals surface area (Å²) in [6.07, 6.45) is 0. The predicted molar refractivity (Wildman–Crippen MR) is 87.5 cm³/mol. The minimum atomic E-state index is -0.328. The molecule has 1 aromatic heterocycles. The molecule has 0 radical (unpaired) electrons. The fourth-order valence-electron chi connectivity index (χ4n) is 2.31. The van der Waals surface area contributed by atoms with Crippen molar-refractivity contribution in [2.45, 2.75) is 19.9 Å². The number of fused-ring (bicyclic) bond motifs is 1. The first-order chi connectivity index (χ1) is 11.2. The Balaban J connectivity index is 1.75. The highest BCUT2D eigenvalue weighted by Gasteiger charge is 2.17. The van der Waals surface area contributed by atoms with E-state index in [1.807, 2.05) is 44.2 Å². The molecule has 1 N–H and O–H groups in total. The van der Waals surface area contributed by atoms with Crippen LogP contribution in [0.2, 0.25) is 0 Å². The molecule has 118 valence electrons. The summed E-state index contributed by atoms with van der Waals surface area (Å²) in [5.74, 6) is 0.969. The Morgan fingerprint density at radius 3 is 2.87 bits per heavy atom. The fraction of sp³-hybridized carbons (Fsp3) is 0.222. The number of rotatable bonds is 5. The Labute approximate surface area is 134 Å². The standard InChI is InChI=1S/C18H18N2O3/c1-3-22-14-8-6-7-13(11-14)17(21)19-12(2)18-20-15-9-4-5-10-16(15)23-18/h4-12H,3H2,1-2H3,(H,19,21). The van der Waals surface area contributed by atoms with E-state index in [9.17, 15) is 4.79 Å². The summed E-state index contributed by atoms with van der Waals surface area (Å²) in [6, 6.07) is 14.3. The molecule has 0 spiro atoms. The second-order valence-corrected chi connectivity index (χ2v) is 5.18. The molecule has 0 fully saturated rings. The van der Waals surface area contributed by atoms with E-state index in [2.05, 4.69) is 10.3 Å². The van der Waals surface area contributed by atoms with E-state index < -0.39 is 0 Å². The van der Waals surface area contributed by atoms with Crippen LogP contribution in [0.15, 0.2) is 52.9 Å². The SMILES string of the molecule is CCOc1cccc(C(=O)NC(C)c2nc3ccccc3o2)c1. The van der Waals surface area contributed by atoms with Crippen LogP contribution >= 0.6 is 0 Å². The van der Waals surface area contributed by atoms with Crippen LogP contribution in [-0.4, -0.2) is 17.5 Å². The van der Waals surface area contributed by atoms with Gasteiger partial charge in [-0.15, -0.1) is 0 Å². The molecule has 5 nitrogen and oxygen atoms in total. The molecule has 0 saturated carbocycles. The van der Waals surface area contributed by atoms with Gasteiger partial charge in [0.15, 0.2) is 5.58 Å². The summed E-state index contributed by atoms with van der Waals surface area (Å²) in [5, 5.41) is 2.89. The predicted octanol–water partition coefficient (Wildman–Crippen LogP) is 3.72. The number of ether oxygens (including phenoxy) is 1. The van der Waals surface area contributed by atoms with Gasteiger partial charge < -0.3 is 14.5 Å². The molecule has 3 rings (SSSR count). The second-order valence-electron chi connectivity index (χ2n) is 5.18. The number of hydrogen-bond acceptors (Lipinski definition) is 4. The number of carbonyl (C=O) groups excluding carboxylic acids is 1. The number of hydrogen-bond donors (Lipinski definition) is 1. The van der Waals surface area contributed by atoms with Crippen molar-refractivity contribution in [3.63, 3.8) is 0 Å². The van der Waals surface area contributed by atoms with Crippen molar-refractivity contribution in [1.82, 2.24) is 10.3 Å². The van der Waals surface area contributed by atoms with Crippen molar-refractivity contribution in [2.24, 2.45) is 0 Å². The summed E-state index contributed by atoms with van der Waals surface area (Å²) in [4.78, 5) is 16.8. The summed E-state index contributed by atoms with van der Waals surface area (Å²) in [7, 11) is 0. The van der Waals surface area contributed by atoms with Crippen LogP contribution in [0.5, 0.6) is 5.75 Å². The lowest BCUT2D eigenvalue weighted by molar-refractivity contribution is 0.0934. The Morgan fingerprint density at radius 1 is 1.26 bits per heavy atom. The van der Waals surface area contributed by atoms with Gasteiger partial charge in [0.05, 0.1) is 6.61 Å². The van der Waals surface area contributed by atoms with Crippen LogP contribution in [0.3, 0.4) is 0 Å². The smallest absolute Gasteiger partial charge is 0.252 e. The zero-order chi connectivity index (χ0) is 16.2. The van der Waals surface area contributed by atoms with Crippen LogP contribution in [-0.2, 0) is 0 Å². The number of amides is 1. The highest BCUT2D eigenvalue weighted by atomic mass is 16.5. The third-order valence-corrected chi connectivity index (χ3v) is 3.44. The molecule has 0 aliphatic heterocycles. The van der Waals surface area contributed by atoms with E-state index in [4.69, 9.17) is 9.15 Å². The number of nitrogens with zero attached hydrogens (tertiary/aromatic N) is 1. The van der Waals surface area contributed by atoms with E-state index in [1.165, 1.54) is 0 Å². The monoisotopic (exact) mass is 310 g/mol. The number of benzene rings is 2. The molecule has 0 aliphatic rings. The molecular weight excluding hydrogens is 292 g/mol. The first-order valence-corrected chi connectivity index (χ1v) is 7.56. The molecule has 3 aromatic rings. The molecule has 1 heterocycles. The lowest BCUT2D eigenvalue weighted by atomic mass is 10.2. The maximum atomic E-state index is 12.4. The number of oxazole rings is 1. The van der Waals surface area contributed by atoms with Crippen LogP contribution in [0.4, 0.5) is 0 Å². The van der Waals surface area contributed by atoms with Gasteiger partial charge >= 0.3 is 0 Å². The van der Waals surface area contributed by atoms with E-state index >= 15 is 0 Å². The molecule has 2 aromatic carbocycles. The molecule has 0 aliphatic carbocycles. The summed E-state index contributed by atoms with van der Waals surface area (Å²) in [5.41, 5.74) is 2.03. The minimum absolute atomic E-state index is 0.193. The van der Waals surface area contributed by atoms with Crippen LogP contribution < -0.4 is 10.1 Å². The summed E-state index contributed by atoms with van der Waals surface area (Å²) < 4.78 is 11.1. The van der Waals surface area contributed by atoms with Gasteiger partial charge in [0.1, 0.15) is 17.3 Å². The number of carbonyl (C=O) groups is 1. The van der Waals surface area contributed by atoms with Gasteiger partial charge in [-0.25, -0.2) is 4.98 Å². The number of para-hydroxylation sites is 2. The van der Waals surface area contributed by atoms with E-state index in [0.717, 1.165) is 5.52 Å². The zero-order valence-corrected chi connectivity index (χ0v) is 13.1. The Hall–Kier alpha value is -2.82. The normalized spacial score (nSPS) is 12.1. The van der Waals surface area contributed by atoms with Crippen LogP contribution in [0.25, 0.3) is 11.1 Å². The van der Waals surface area contributed by atoms with Gasteiger partial charge in [-0.3, -0.25) is 4.79 Å². The summed E-state index contributed by atoms with van der Waals surface area (Å²) >= 11 is 0. The van der Waals surface area contributed by atoms with Crippen molar-refractivity contribution in [3.05, 3.63) is 60.0 Å². The summed E-state index contributed by atoms with van der Waals surface area (Å²) in [6.45, 7) is 4.31. The number of aromatic nitrogens is 1. The van der Waals surface area contributed by atoms with Crippen molar-refractivity contribution in [2.75, 3.05) is 6.61 Å². The largest absolute Gasteiger partial charge is 0.494 e. The van der Waals surface area contributed by atoms with E-state index in [1.54, 1.807) is 18.2 Å². The van der Waals surface area contributed by atoms with Gasteiger partial charge in [-0.2, -0.15) is 0 Å². The zero-order valence-electron chi connectivity index (χ0n) is 13.1. The Bertz CT molecular complexity index is 793. The minimum Gasteiger partial charge on any atom is -0.494 e. The van der Waals surface area contributed by atoms with Gasteiger partial charge in [-0.1, -0.05) is 18.2 Å².